The summed E-state index contributed by atoms with van der Waals surface area (Å²) < 4.78 is 0. The highest BCUT2D eigenvalue weighted by Crippen LogP contribution is 2.12. The van der Waals surface area contributed by atoms with Crippen LogP contribution in [0.4, 0.5) is 0 Å². The van der Waals surface area contributed by atoms with Gasteiger partial charge in [-0.3, -0.25) is 14.6 Å². The van der Waals surface area contributed by atoms with E-state index in [0.717, 1.165) is 24.3 Å². The first-order valence-electron chi connectivity index (χ1n) is 6.04. The van der Waals surface area contributed by atoms with E-state index in [9.17, 15) is 4.79 Å². The van der Waals surface area contributed by atoms with Crippen LogP contribution in [-0.2, 0) is 6.54 Å². The summed E-state index contributed by atoms with van der Waals surface area (Å²) in [6.45, 7) is 1.64. The summed E-state index contributed by atoms with van der Waals surface area (Å²) in [5, 5.41) is 0. The van der Waals surface area contributed by atoms with Gasteiger partial charge in [-0.2, -0.15) is 0 Å². The van der Waals surface area contributed by atoms with E-state index in [0.29, 0.717) is 0 Å². The highest BCUT2D eigenvalue weighted by atomic mass is 16.2. The van der Waals surface area contributed by atoms with E-state index in [1.165, 1.54) is 0 Å². The third-order valence-corrected chi connectivity index (χ3v) is 2.62. The molecule has 0 fully saturated rings. The fraction of sp³-hybridized carbons (Fsp3) is 0.500. The molecule has 0 aliphatic carbocycles. The first kappa shape index (κ1) is 14.7. The third kappa shape index (κ3) is 4.13. The molecular formula is C14H23N3O. The number of hydrogen-bond acceptors (Lipinski definition) is 3. The Morgan fingerprint density at radius 3 is 2.22 bits per heavy atom. The van der Waals surface area contributed by atoms with Gasteiger partial charge in [-0.25, -0.2) is 0 Å². The minimum atomic E-state index is 0.0591. The standard InChI is InChI=1S/C14H23N3O/c1-15(2)11-17(5)10-12-8-6-7-9-13(12)14(18)16(3)4/h6-9H,10-11H2,1-5H3. The summed E-state index contributed by atoms with van der Waals surface area (Å²) in [5.74, 6) is 0.0591. The predicted octanol–water partition coefficient (Wildman–Crippen LogP) is 1.34. The van der Waals surface area contributed by atoms with E-state index in [-0.39, 0.29) is 5.91 Å². The lowest BCUT2D eigenvalue weighted by Crippen LogP contribution is -2.31. The normalized spacial score (nSPS) is 11.1. The van der Waals surface area contributed by atoms with Gasteiger partial charge in [-0.15, -0.1) is 0 Å². The number of carbonyl (C=O) groups is 1. The van der Waals surface area contributed by atoms with Crippen LogP contribution in [-0.4, -0.2) is 62.5 Å². The molecule has 0 radical (unpaired) electrons. The second-order valence-electron chi connectivity index (χ2n) is 5.09. The number of hydrogen-bond donors (Lipinski definition) is 0. The van der Waals surface area contributed by atoms with Gasteiger partial charge in [-0.1, -0.05) is 18.2 Å². The Kier molecular flexibility index (Phi) is 5.31. The summed E-state index contributed by atoms with van der Waals surface area (Å²) in [5.41, 5.74) is 1.86. The van der Waals surface area contributed by atoms with Crippen LogP contribution in [0.5, 0.6) is 0 Å². The molecule has 0 aromatic heterocycles. The summed E-state index contributed by atoms with van der Waals surface area (Å²) >= 11 is 0. The third-order valence-electron chi connectivity index (χ3n) is 2.62. The maximum atomic E-state index is 12.1. The average Bonchev–Trinajstić information content (AvgIpc) is 2.27. The maximum absolute atomic E-state index is 12.1. The van der Waals surface area contributed by atoms with Crippen LogP contribution in [0.15, 0.2) is 24.3 Å². The molecule has 0 saturated heterocycles. The second-order valence-corrected chi connectivity index (χ2v) is 5.09. The molecule has 0 atom stereocenters. The van der Waals surface area contributed by atoms with Crippen LogP contribution in [0.3, 0.4) is 0 Å². The zero-order valence-electron chi connectivity index (χ0n) is 12.0. The van der Waals surface area contributed by atoms with Crippen LogP contribution in [0.25, 0.3) is 0 Å². The molecule has 0 N–H and O–H groups in total. The molecule has 1 amide bonds. The molecule has 100 valence electrons. The molecule has 0 unspecified atom stereocenters. The molecule has 0 saturated carbocycles. The second kappa shape index (κ2) is 6.52. The lowest BCUT2D eigenvalue weighted by atomic mass is 10.1. The maximum Gasteiger partial charge on any atom is 0.253 e. The summed E-state index contributed by atoms with van der Waals surface area (Å²) in [6, 6.07) is 7.79. The number of amides is 1. The van der Waals surface area contributed by atoms with Gasteiger partial charge in [0.15, 0.2) is 0 Å². The number of rotatable bonds is 5. The quantitative estimate of drug-likeness (QED) is 0.737. The molecule has 0 heterocycles. The molecule has 4 heteroatoms. The van der Waals surface area contributed by atoms with Gasteiger partial charge in [0.1, 0.15) is 0 Å². The van der Waals surface area contributed by atoms with Crippen molar-refractivity contribution in [2.75, 3.05) is 41.9 Å². The minimum absolute atomic E-state index is 0.0591. The lowest BCUT2D eigenvalue weighted by molar-refractivity contribution is 0.0825. The SMILES string of the molecule is CN(C)CN(C)Cc1ccccc1C(=O)N(C)C. The van der Waals surface area contributed by atoms with Crippen molar-refractivity contribution in [1.82, 2.24) is 14.7 Å². The summed E-state index contributed by atoms with van der Waals surface area (Å²) in [6.07, 6.45) is 0. The van der Waals surface area contributed by atoms with Crippen molar-refractivity contribution in [2.24, 2.45) is 0 Å². The summed E-state index contributed by atoms with van der Waals surface area (Å²) in [4.78, 5) is 18.0. The van der Waals surface area contributed by atoms with Crippen molar-refractivity contribution in [3.63, 3.8) is 0 Å². The average molecular weight is 249 g/mol. The first-order chi connectivity index (χ1) is 8.41. The van der Waals surface area contributed by atoms with Crippen LogP contribution in [0.2, 0.25) is 0 Å². The molecule has 0 spiro atoms. The Labute approximate surface area is 110 Å². The van der Waals surface area contributed by atoms with Gasteiger partial charge in [0.25, 0.3) is 5.91 Å². The van der Waals surface area contributed by atoms with Crippen LogP contribution in [0.1, 0.15) is 15.9 Å². The zero-order valence-corrected chi connectivity index (χ0v) is 12.0. The zero-order chi connectivity index (χ0) is 13.7. The van der Waals surface area contributed by atoms with Crippen molar-refractivity contribution in [3.8, 4) is 0 Å². The molecule has 1 rings (SSSR count). The molecule has 0 aliphatic rings. The Morgan fingerprint density at radius 1 is 1.06 bits per heavy atom. The van der Waals surface area contributed by atoms with E-state index in [4.69, 9.17) is 0 Å². The van der Waals surface area contributed by atoms with E-state index in [1.54, 1.807) is 19.0 Å². The monoisotopic (exact) mass is 249 g/mol. The highest BCUT2D eigenvalue weighted by molar-refractivity contribution is 5.95. The van der Waals surface area contributed by atoms with E-state index >= 15 is 0 Å². The summed E-state index contributed by atoms with van der Waals surface area (Å²) in [7, 11) is 9.68. The molecular weight excluding hydrogens is 226 g/mol. The van der Waals surface area contributed by atoms with Crippen LogP contribution in [0, 0.1) is 0 Å². The Morgan fingerprint density at radius 2 is 1.67 bits per heavy atom. The fourth-order valence-electron chi connectivity index (χ4n) is 1.93. The number of benzene rings is 1. The van der Waals surface area contributed by atoms with Crippen LogP contribution >= 0.6 is 0 Å². The molecule has 0 aliphatic heterocycles. The fourth-order valence-corrected chi connectivity index (χ4v) is 1.93. The van der Waals surface area contributed by atoms with Crippen molar-refractivity contribution >= 4 is 5.91 Å². The largest absolute Gasteiger partial charge is 0.345 e. The van der Waals surface area contributed by atoms with E-state index in [2.05, 4.69) is 16.8 Å². The smallest absolute Gasteiger partial charge is 0.253 e. The molecule has 1 aromatic carbocycles. The van der Waals surface area contributed by atoms with Crippen molar-refractivity contribution in [3.05, 3.63) is 35.4 Å². The molecule has 1 aromatic rings. The minimum Gasteiger partial charge on any atom is -0.345 e. The topological polar surface area (TPSA) is 26.8 Å². The van der Waals surface area contributed by atoms with Gasteiger partial charge >= 0.3 is 0 Å². The van der Waals surface area contributed by atoms with Crippen molar-refractivity contribution < 1.29 is 4.79 Å². The van der Waals surface area contributed by atoms with Crippen molar-refractivity contribution in [2.45, 2.75) is 6.54 Å². The van der Waals surface area contributed by atoms with Crippen molar-refractivity contribution in [1.29, 1.82) is 0 Å². The number of carbonyl (C=O) groups excluding carboxylic acids is 1. The molecule has 18 heavy (non-hydrogen) atoms. The Balaban J connectivity index is 2.86. The van der Waals surface area contributed by atoms with Gasteiger partial charge in [-0.05, 0) is 32.8 Å². The van der Waals surface area contributed by atoms with Gasteiger partial charge in [0.05, 0.1) is 6.67 Å². The van der Waals surface area contributed by atoms with E-state index < -0.39 is 0 Å². The highest BCUT2D eigenvalue weighted by Gasteiger charge is 2.13. The van der Waals surface area contributed by atoms with Crippen LogP contribution < -0.4 is 0 Å². The van der Waals surface area contributed by atoms with E-state index in [1.807, 2.05) is 38.4 Å². The molecule has 4 nitrogen and oxygen atoms in total. The van der Waals surface area contributed by atoms with Gasteiger partial charge in [0.2, 0.25) is 0 Å². The van der Waals surface area contributed by atoms with Gasteiger partial charge in [0, 0.05) is 26.2 Å². The number of nitrogens with zero attached hydrogens (tertiary/aromatic N) is 3. The van der Waals surface area contributed by atoms with Gasteiger partial charge < -0.3 is 4.90 Å². The molecule has 0 bridgehead atoms. The first-order valence-corrected chi connectivity index (χ1v) is 6.04. The Hall–Kier alpha value is -1.39. The predicted molar refractivity (Wildman–Crippen MR) is 74.5 cm³/mol. The Bertz CT molecular complexity index is 402. The lowest BCUT2D eigenvalue weighted by Gasteiger charge is -2.22.